The molecule has 2 amide bonds. The molecular weight excluding hydrogens is 384 g/mol. The van der Waals surface area contributed by atoms with Crippen LogP contribution >= 0.6 is 15.9 Å². The molecule has 2 aliphatic heterocycles. The minimum absolute atomic E-state index is 0.0144. The fraction of sp³-hybridized carbons (Fsp3) is 0.579. The largest absolute Gasteiger partial charge is 0.381 e. The summed E-state index contributed by atoms with van der Waals surface area (Å²) < 4.78 is 6.59. The van der Waals surface area contributed by atoms with Crippen LogP contribution in [0.25, 0.3) is 0 Å². The summed E-state index contributed by atoms with van der Waals surface area (Å²) in [6.45, 7) is 3.35. The van der Waals surface area contributed by atoms with Crippen molar-refractivity contribution in [3.05, 3.63) is 34.3 Å². The summed E-state index contributed by atoms with van der Waals surface area (Å²) in [6, 6.07) is 8.32. The summed E-state index contributed by atoms with van der Waals surface area (Å²) in [5, 5.41) is 3.10. The molecule has 2 aliphatic rings. The van der Waals surface area contributed by atoms with Crippen molar-refractivity contribution in [3.63, 3.8) is 0 Å². The summed E-state index contributed by atoms with van der Waals surface area (Å²) in [6.07, 6.45) is 3.69. The van der Waals surface area contributed by atoms with Gasteiger partial charge >= 0.3 is 0 Å². The van der Waals surface area contributed by atoms with Crippen LogP contribution in [-0.4, -0.2) is 49.6 Å². The summed E-state index contributed by atoms with van der Waals surface area (Å²) in [5.74, 6) is 0.184. The maximum Gasteiger partial charge on any atom is 0.222 e. The van der Waals surface area contributed by atoms with Gasteiger partial charge in [0.05, 0.1) is 0 Å². The normalized spacial score (nSPS) is 19.9. The summed E-state index contributed by atoms with van der Waals surface area (Å²) in [4.78, 5) is 25.7. The average Bonchev–Trinajstić information content (AvgIpc) is 3.04. The predicted octanol–water partition coefficient (Wildman–Crippen LogP) is 2.63. The number of hydrogen-bond acceptors (Lipinski definition) is 3. The van der Waals surface area contributed by atoms with Crippen LogP contribution in [0.3, 0.4) is 0 Å². The van der Waals surface area contributed by atoms with E-state index in [1.165, 1.54) is 5.56 Å². The van der Waals surface area contributed by atoms with E-state index in [0.717, 1.165) is 30.3 Å². The molecule has 0 aliphatic carbocycles. The van der Waals surface area contributed by atoms with Gasteiger partial charge in [0.15, 0.2) is 0 Å². The molecular formula is C19H25BrN2O3. The summed E-state index contributed by atoms with van der Waals surface area (Å²) in [7, 11) is 0. The van der Waals surface area contributed by atoms with E-state index >= 15 is 0 Å². The zero-order valence-corrected chi connectivity index (χ0v) is 16.0. The van der Waals surface area contributed by atoms with Crippen LogP contribution in [0.2, 0.25) is 0 Å². The first kappa shape index (κ1) is 18.4. The molecule has 136 valence electrons. The Hall–Kier alpha value is -1.40. The van der Waals surface area contributed by atoms with E-state index in [2.05, 4.69) is 33.4 Å². The van der Waals surface area contributed by atoms with Gasteiger partial charge in [0.2, 0.25) is 11.8 Å². The minimum Gasteiger partial charge on any atom is -0.381 e. The number of rotatable bonds is 6. The highest BCUT2D eigenvalue weighted by molar-refractivity contribution is 9.10. The van der Waals surface area contributed by atoms with Gasteiger partial charge in [0, 0.05) is 55.6 Å². The molecule has 2 fully saturated rings. The molecule has 2 heterocycles. The van der Waals surface area contributed by atoms with Gasteiger partial charge in [-0.25, -0.2) is 0 Å². The molecule has 3 rings (SSSR count). The number of nitrogens with one attached hydrogen (secondary N) is 1. The second kappa shape index (κ2) is 8.32. The summed E-state index contributed by atoms with van der Waals surface area (Å²) in [5.41, 5.74) is 1.15. The van der Waals surface area contributed by atoms with Gasteiger partial charge < -0.3 is 15.0 Å². The molecule has 0 bridgehead atoms. The average molecular weight is 409 g/mol. The number of nitrogens with zero attached hydrogens (tertiary/aromatic N) is 1. The number of likely N-dealkylation sites (tertiary alicyclic amines) is 1. The molecule has 0 spiro atoms. The first-order valence-electron chi connectivity index (χ1n) is 8.97. The second-order valence-electron chi connectivity index (χ2n) is 6.91. The monoisotopic (exact) mass is 408 g/mol. The highest BCUT2D eigenvalue weighted by Crippen LogP contribution is 2.35. The van der Waals surface area contributed by atoms with Crippen molar-refractivity contribution >= 4 is 27.7 Å². The molecule has 5 nitrogen and oxygen atoms in total. The van der Waals surface area contributed by atoms with Crippen LogP contribution in [-0.2, 0) is 19.7 Å². The molecule has 1 N–H and O–H groups in total. The topological polar surface area (TPSA) is 58.6 Å². The lowest BCUT2D eigenvalue weighted by molar-refractivity contribution is -0.128. The third-order valence-electron chi connectivity index (χ3n) is 5.29. The fourth-order valence-electron chi connectivity index (χ4n) is 3.68. The standard InChI is InChI=1S/C19H25BrN2O3/c20-16-4-1-3-15(13-16)19(7-11-25-12-8-19)14-21-17(23)6-10-22-9-2-5-18(22)24/h1,3-4,13H,2,5-12,14H2,(H,21,23). The Morgan fingerprint density at radius 3 is 2.80 bits per heavy atom. The van der Waals surface area contributed by atoms with Gasteiger partial charge in [0.1, 0.15) is 0 Å². The molecule has 0 unspecified atom stereocenters. The Kier molecular flexibility index (Phi) is 6.12. The van der Waals surface area contributed by atoms with E-state index in [-0.39, 0.29) is 17.2 Å². The smallest absolute Gasteiger partial charge is 0.222 e. The van der Waals surface area contributed by atoms with Crippen LogP contribution in [0.4, 0.5) is 0 Å². The van der Waals surface area contributed by atoms with Crippen molar-refractivity contribution in [1.82, 2.24) is 10.2 Å². The van der Waals surface area contributed by atoms with Gasteiger partial charge in [0.25, 0.3) is 0 Å². The molecule has 2 saturated heterocycles. The zero-order chi connectivity index (χ0) is 17.7. The Bertz CT molecular complexity index is 629. The summed E-state index contributed by atoms with van der Waals surface area (Å²) >= 11 is 3.55. The first-order valence-corrected chi connectivity index (χ1v) is 9.77. The number of ether oxygens (including phenoxy) is 1. The lowest BCUT2D eigenvalue weighted by Crippen LogP contribution is -2.45. The van der Waals surface area contributed by atoms with Crippen molar-refractivity contribution in [1.29, 1.82) is 0 Å². The third kappa shape index (κ3) is 4.61. The van der Waals surface area contributed by atoms with Crippen LogP contribution in [0, 0.1) is 0 Å². The van der Waals surface area contributed by atoms with Gasteiger partial charge in [-0.1, -0.05) is 28.1 Å². The predicted molar refractivity (Wildman–Crippen MR) is 99.3 cm³/mol. The van der Waals surface area contributed by atoms with Crippen molar-refractivity contribution in [2.75, 3.05) is 32.8 Å². The molecule has 0 atom stereocenters. The lowest BCUT2D eigenvalue weighted by Gasteiger charge is -2.38. The van der Waals surface area contributed by atoms with E-state index < -0.39 is 0 Å². The van der Waals surface area contributed by atoms with E-state index in [1.807, 2.05) is 12.1 Å². The molecule has 1 aromatic carbocycles. The number of hydrogen-bond donors (Lipinski definition) is 1. The number of amides is 2. The van der Waals surface area contributed by atoms with Crippen LogP contribution in [0.1, 0.15) is 37.7 Å². The molecule has 0 saturated carbocycles. The van der Waals surface area contributed by atoms with Gasteiger partial charge in [-0.3, -0.25) is 9.59 Å². The Morgan fingerprint density at radius 2 is 2.12 bits per heavy atom. The van der Waals surface area contributed by atoms with Crippen LogP contribution in [0.15, 0.2) is 28.7 Å². The highest BCUT2D eigenvalue weighted by Gasteiger charge is 2.35. The second-order valence-corrected chi connectivity index (χ2v) is 7.83. The van der Waals surface area contributed by atoms with Crippen molar-refractivity contribution in [2.24, 2.45) is 0 Å². The van der Waals surface area contributed by atoms with Crippen molar-refractivity contribution < 1.29 is 14.3 Å². The van der Waals surface area contributed by atoms with E-state index in [9.17, 15) is 9.59 Å². The van der Waals surface area contributed by atoms with E-state index in [4.69, 9.17) is 4.74 Å². The quantitative estimate of drug-likeness (QED) is 0.786. The number of carbonyl (C=O) groups excluding carboxylic acids is 2. The number of carbonyl (C=O) groups is 2. The first-order chi connectivity index (χ1) is 12.1. The van der Waals surface area contributed by atoms with Gasteiger partial charge in [-0.05, 0) is 37.0 Å². The van der Waals surface area contributed by atoms with Crippen LogP contribution < -0.4 is 5.32 Å². The molecule has 25 heavy (non-hydrogen) atoms. The van der Waals surface area contributed by atoms with Crippen molar-refractivity contribution in [2.45, 2.75) is 37.5 Å². The molecule has 1 aromatic rings. The Morgan fingerprint density at radius 1 is 1.32 bits per heavy atom. The number of benzene rings is 1. The maximum atomic E-state index is 12.3. The highest BCUT2D eigenvalue weighted by atomic mass is 79.9. The SMILES string of the molecule is O=C(CCN1CCCC1=O)NCC1(c2cccc(Br)c2)CCOCC1. The van der Waals surface area contributed by atoms with E-state index in [1.54, 1.807) is 4.90 Å². The van der Waals surface area contributed by atoms with Crippen molar-refractivity contribution in [3.8, 4) is 0 Å². The Balaban J connectivity index is 1.59. The molecule has 6 heteroatoms. The maximum absolute atomic E-state index is 12.3. The Labute approximate surface area is 157 Å². The fourth-order valence-corrected chi connectivity index (χ4v) is 4.08. The number of halogens is 1. The van der Waals surface area contributed by atoms with Gasteiger partial charge in [-0.15, -0.1) is 0 Å². The van der Waals surface area contributed by atoms with Gasteiger partial charge in [-0.2, -0.15) is 0 Å². The third-order valence-corrected chi connectivity index (χ3v) is 5.78. The van der Waals surface area contributed by atoms with E-state index in [0.29, 0.717) is 39.1 Å². The van der Waals surface area contributed by atoms with Crippen LogP contribution in [0.5, 0.6) is 0 Å². The zero-order valence-electron chi connectivity index (χ0n) is 14.4. The molecule has 0 radical (unpaired) electrons. The minimum atomic E-state index is -0.0822. The lowest BCUT2D eigenvalue weighted by atomic mass is 9.74. The molecule has 0 aromatic heterocycles.